The summed E-state index contributed by atoms with van der Waals surface area (Å²) in [6, 6.07) is 14.6. The minimum atomic E-state index is -0.537. The highest BCUT2D eigenvalue weighted by atomic mass is 19.1. The molecule has 0 atom stereocenters. The Morgan fingerprint density at radius 1 is 1.11 bits per heavy atom. The zero-order chi connectivity index (χ0) is 20.1. The van der Waals surface area contributed by atoms with Gasteiger partial charge in [-0.2, -0.15) is 0 Å². The second kappa shape index (κ2) is 8.46. The highest BCUT2D eigenvalue weighted by Gasteiger charge is 2.25. The Morgan fingerprint density at radius 3 is 2.50 bits per heavy atom. The lowest BCUT2D eigenvalue weighted by Crippen LogP contribution is -2.39. The molecule has 0 saturated carbocycles. The molecule has 1 aliphatic rings. The molecule has 1 aliphatic heterocycles. The molecule has 5 heteroatoms. The van der Waals surface area contributed by atoms with Gasteiger partial charge < -0.3 is 14.4 Å². The number of ether oxygens (including phenoxy) is 2. The van der Waals surface area contributed by atoms with E-state index in [0.29, 0.717) is 37.4 Å². The van der Waals surface area contributed by atoms with E-state index < -0.39 is 5.60 Å². The van der Waals surface area contributed by atoms with Crippen LogP contribution in [0.5, 0.6) is 5.75 Å². The first-order valence-corrected chi connectivity index (χ1v) is 9.46. The maximum atomic E-state index is 14.6. The topological polar surface area (TPSA) is 38.8 Å². The normalized spacial score (nSPS) is 14.4. The summed E-state index contributed by atoms with van der Waals surface area (Å²) in [4.78, 5) is 13.9. The summed E-state index contributed by atoms with van der Waals surface area (Å²) in [7, 11) is 0. The van der Waals surface area contributed by atoms with E-state index in [1.165, 1.54) is 6.07 Å². The van der Waals surface area contributed by atoms with Gasteiger partial charge in [-0.25, -0.2) is 9.18 Å². The molecule has 0 saturated heterocycles. The van der Waals surface area contributed by atoms with Gasteiger partial charge in [-0.15, -0.1) is 0 Å². The third-order valence-electron chi connectivity index (χ3n) is 4.39. The number of benzene rings is 2. The van der Waals surface area contributed by atoms with E-state index in [1.54, 1.807) is 17.0 Å². The van der Waals surface area contributed by atoms with Crippen molar-refractivity contribution in [1.82, 2.24) is 4.90 Å². The molecule has 1 heterocycles. The predicted molar refractivity (Wildman–Crippen MR) is 108 cm³/mol. The molecule has 0 fully saturated rings. The van der Waals surface area contributed by atoms with Gasteiger partial charge in [-0.3, -0.25) is 0 Å². The molecular weight excluding hydrogens is 357 g/mol. The third kappa shape index (κ3) is 5.12. The molecule has 0 N–H and O–H groups in total. The zero-order valence-corrected chi connectivity index (χ0v) is 16.6. The van der Waals surface area contributed by atoms with Gasteiger partial charge in [0.25, 0.3) is 0 Å². The summed E-state index contributed by atoms with van der Waals surface area (Å²) in [5.41, 5.74) is 1.81. The smallest absolute Gasteiger partial charge is 0.410 e. The van der Waals surface area contributed by atoms with Crippen molar-refractivity contribution < 1.29 is 18.7 Å². The first-order valence-electron chi connectivity index (χ1n) is 9.46. The molecule has 0 radical (unpaired) electrons. The highest BCUT2D eigenvalue weighted by Crippen LogP contribution is 2.33. The Bertz CT molecular complexity index is 856. The number of hydrogen-bond donors (Lipinski definition) is 0. The largest absolute Gasteiger partial charge is 0.488 e. The van der Waals surface area contributed by atoms with Gasteiger partial charge in [0.2, 0.25) is 0 Å². The monoisotopic (exact) mass is 383 g/mol. The van der Waals surface area contributed by atoms with E-state index >= 15 is 0 Å². The Balaban J connectivity index is 1.74. The zero-order valence-electron chi connectivity index (χ0n) is 16.6. The first-order chi connectivity index (χ1) is 13.3. The van der Waals surface area contributed by atoms with Crippen LogP contribution in [0.25, 0.3) is 5.57 Å². The molecule has 0 bridgehead atoms. The molecule has 2 aromatic carbocycles. The van der Waals surface area contributed by atoms with Crippen molar-refractivity contribution in [3.8, 4) is 5.75 Å². The second-order valence-electron chi connectivity index (χ2n) is 7.79. The molecule has 0 spiro atoms. The van der Waals surface area contributed by atoms with Crippen LogP contribution in [0.15, 0.2) is 54.6 Å². The lowest BCUT2D eigenvalue weighted by Gasteiger charge is -2.30. The van der Waals surface area contributed by atoms with Gasteiger partial charge in [0.05, 0.1) is 5.56 Å². The second-order valence-corrected chi connectivity index (χ2v) is 7.79. The number of amides is 1. The van der Waals surface area contributed by atoms with E-state index in [0.717, 1.165) is 11.1 Å². The van der Waals surface area contributed by atoms with Crippen molar-refractivity contribution in [2.45, 2.75) is 39.4 Å². The number of carbonyl (C=O) groups is 1. The first kappa shape index (κ1) is 19.9. The summed E-state index contributed by atoms with van der Waals surface area (Å²) < 4.78 is 25.9. The summed E-state index contributed by atoms with van der Waals surface area (Å²) in [6.45, 7) is 6.75. The van der Waals surface area contributed by atoms with Crippen LogP contribution in [0.3, 0.4) is 0 Å². The average molecular weight is 383 g/mol. The number of hydrogen-bond acceptors (Lipinski definition) is 3. The van der Waals surface area contributed by atoms with Gasteiger partial charge in [0.15, 0.2) is 0 Å². The van der Waals surface area contributed by atoms with Crippen molar-refractivity contribution in [2.75, 3.05) is 13.1 Å². The average Bonchev–Trinajstić information content (AvgIpc) is 2.66. The van der Waals surface area contributed by atoms with E-state index in [2.05, 4.69) is 0 Å². The summed E-state index contributed by atoms with van der Waals surface area (Å²) >= 11 is 0. The quantitative estimate of drug-likeness (QED) is 0.707. The number of halogens is 1. The molecule has 3 rings (SSSR count). The van der Waals surface area contributed by atoms with Crippen LogP contribution in [0, 0.1) is 5.82 Å². The van der Waals surface area contributed by atoms with Crippen LogP contribution in [-0.2, 0) is 11.3 Å². The van der Waals surface area contributed by atoms with E-state index in [1.807, 2.05) is 57.2 Å². The van der Waals surface area contributed by atoms with Crippen LogP contribution < -0.4 is 4.74 Å². The summed E-state index contributed by atoms with van der Waals surface area (Å²) in [6.07, 6.45) is 2.07. The van der Waals surface area contributed by atoms with Crippen LogP contribution in [-0.4, -0.2) is 29.7 Å². The highest BCUT2D eigenvalue weighted by molar-refractivity contribution is 5.75. The van der Waals surface area contributed by atoms with Crippen LogP contribution in [0.4, 0.5) is 9.18 Å². The van der Waals surface area contributed by atoms with Crippen LogP contribution in [0.1, 0.15) is 38.3 Å². The Labute approximate surface area is 165 Å². The van der Waals surface area contributed by atoms with Crippen molar-refractivity contribution in [3.63, 3.8) is 0 Å². The molecule has 0 aliphatic carbocycles. The van der Waals surface area contributed by atoms with Gasteiger partial charge >= 0.3 is 6.09 Å². The van der Waals surface area contributed by atoms with E-state index in [4.69, 9.17) is 9.47 Å². The number of nitrogens with zero attached hydrogens (tertiary/aromatic N) is 1. The van der Waals surface area contributed by atoms with Crippen molar-refractivity contribution in [3.05, 3.63) is 71.6 Å². The third-order valence-corrected chi connectivity index (χ3v) is 4.39. The van der Waals surface area contributed by atoms with Gasteiger partial charge in [0.1, 0.15) is 23.8 Å². The SMILES string of the molecule is CC(C)(C)OC(=O)N1CC=C(c2c(F)cccc2OCc2ccccc2)CC1. The van der Waals surface area contributed by atoms with Crippen molar-refractivity contribution in [2.24, 2.45) is 0 Å². The predicted octanol–water partition coefficient (Wildman–Crippen LogP) is 5.43. The van der Waals surface area contributed by atoms with Crippen molar-refractivity contribution >= 4 is 11.7 Å². The Kier molecular flexibility index (Phi) is 6.02. The molecule has 0 aromatic heterocycles. The summed E-state index contributed by atoms with van der Waals surface area (Å²) in [5, 5.41) is 0. The minimum absolute atomic E-state index is 0.317. The van der Waals surface area contributed by atoms with Gasteiger partial charge in [0, 0.05) is 13.1 Å². The fourth-order valence-electron chi connectivity index (χ4n) is 3.06. The Morgan fingerprint density at radius 2 is 1.86 bits per heavy atom. The molecule has 0 unspecified atom stereocenters. The van der Waals surface area contributed by atoms with Crippen LogP contribution in [0.2, 0.25) is 0 Å². The fraction of sp³-hybridized carbons (Fsp3) is 0.348. The van der Waals surface area contributed by atoms with Gasteiger partial charge in [-0.1, -0.05) is 42.5 Å². The molecular formula is C23H26FNO3. The molecule has 148 valence electrons. The molecule has 4 nitrogen and oxygen atoms in total. The molecule has 2 aromatic rings. The van der Waals surface area contributed by atoms with E-state index in [-0.39, 0.29) is 11.9 Å². The molecule has 1 amide bonds. The lowest BCUT2D eigenvalue weighted by atomic mass is 9.98. The molecule has 28 heavy (non-hydrogen) atoms. The van der Waals surface area contributed by atoms with E-state index in [9.17, 15) is 9.18 Å². The lowest BCUT2D eigenvalue weighted by molar-refractivity contribution is 0.0270. The number of rotatable bonds is 4. The van der Waals surface area contributed by atoms with Crippen molar-refractivity contribution in [1.29, 1.82) is 0 Å². The van der Waals surface area contributed by atoms with Gasteiger partial charge in [-0.05, 0) is 50.5 Å². The standard InChI is InChI=1S/C23H26FNO3/c1-23(2,3)28-22(26)25-14-12-18(13-15-25)21-19(24)10-7-11-20(21)27-16-17-8-5-4-6-9-17/h4-12H,13-16H2,1-3H3. The summed E-state index contributed by atoms with van der Waals surface area (Å²) in [5.74, 6) is 0.198. The number of carbonyl (C=O) groups excluding carboxylic acids is 1. The van der Waals surface area contributed by atoms with Crippen LogP contribution >= 0.6 is 0 Å². The minimum Gasteiger partial charge on any atom is -0.488 e. The Hall–Kier alpha value is -2.82. The maximum absolute atomic E-state index is 14.6. The maximum Gasteiger partial charge on any atom is 0.410 e. The fourth-order valence-corrected chi connectivity index (χ4v) is 3.06.